The van der Waals surface area contributed by atoms with Crippen LogP contribution in [0.3, 0.4) is 0 Å². The van der Waals surface area contributed by atoms with E-state index in [4.69, 9.17) is 0 Å². The standard InChI is InChI=1S/C22H24N4O/c1-16-23-12-9-21(25-16)22(27)26-13-4-5-17(10-14-26)15-18-6-2-8-20-19(18)7-3-11-24-20/h2-3,6-9,11-12,17H,4-5,10,13-15H2,1H3/t17-/m1/s1. The number of aromatic nitrogens is 3. The number of carbonyl (C=O) groups is 1. The summed E-state index contributed by atoms with van der Waals surface area (Å²) in [4.78, 5) is 27.6. The molecule has 27 heavy (non-hydrogen) atoms. The van der Waals surface area contributed by atoms with E-state index in [1.165, 1.54) is 10.9 Å². The molecule has 5 heteroatoms. The molecule has 1 saturated heterocycles. The van der Waals surface area contributed by atoms with Gasteiger partial charge in [0.25, 0.3) is 5.91 Å². The van der Waals surface area contributed by atoms with E-state index >= 15 is 0 Å². The van der Waals surface area contributed by atoms with Crippen LogP contribution in [-0.4, -0.2) is 38.8 Å². The molecule has 0 bridgehead atoms. The minimum absolute atomic E-state index is 0.0236. The van der Waals surface area contributed by atoms with Gasteiger partial charge in [0.1, 0.15) is 11.5 Å². The van der Waals surface area contributed by atoms with Gasteiger partial charge in [0.15, 0.2) is 0 Å². The molecule has 1 aromatic carbocycles. The van der Waals surface area contributed by atoms with E-state index in [0.29, 0.717) is 17.4 Å². The summed E-state index contributed by atoms with van der Waals surface area (Å²) in [6.45, 7) is 3.40. The van der Waals surface area contributed by atoms with Gasteiger partial charge in [-0.3, -0.25) is 9.78 Å². The number of fused-ring (bicyclic) bond motifs is 1. The van der Waals surface area contributed by atoms with E-state index in [1.54, 1.807) is 12.3 Å². The molecule has 2 aromatic heterocycles. The van der Waals surface area contributed by atoms with E-state index in [0.717, 1.165) is 44.3 Å². The fourth-order valence-corrected chi connectivity index (χ4v) is 3.97. The Bertz CT molecular complexity index is 950. The number of nitrogens with zero attached hydrogens (tertiary/aromatic N) is 4. The third-order valence-corrected chi connectivity index (χ3v) is 5.37. The van der Waals surface area contributed by atoms with Crippen LogP contribution in [0.4, 0.5) is 0 Å². The predicted molar refractivity (Wildman–Crippen MR) is 105 cm³/mol. The lowest BCUT2D eigenvalue weighted by Gasteiger charge is -2.20. The first-order valence-electron chi connectivity index (χ1n) is 9.62. The Morgan fingerprint density at radius 1 is 1.07 bits per heavy atom. The van der Waals surface area contributed by atoms with Crippen LogP contribution in [0.15, 0.2) is 48.8 Å². The van der Waals surface area contributed by atoms with E-state index in [9.17, 15) is 4.79 Å². The van der Waals surface area contributed by atoms with Crippen LogP contribution in [0, 0.1) is 12.8 Å². The van der Waals surface area contributed by atoms with Gasteiger partial charge >= 0.3 is 0 Å². The smallest absolute Gasteiger partial charge is 0.272 e. The molecule has 0 unspecified atom stereocenters. The zero-order chi connectivity index (χ0) is 18.6. The van der Waals surface area contributed by atoms with Crippen LogP contribution < -0.4 is 0 Å². The molecule has 5 nitrogen and oxygen atoms in total. The quantitative estimate of drug-likeness (QED) is 0.712. The number of hydrogen-bond donors (Lipinski definition) is 0. The number of benzene rings is 1. The molecule has 3 heterocycles. The Morgan fingerprint density at radius 2 is 2.00 bits per heavy atom. The molecular weight excluding hydrogens is 336 g/mol. The fraction of sp³-hybridized carbons (Fsp3) is 0.364. The number of likely N-dealkylation sites (tertiary alicyclic amines) is 1. The molecule has 0 N–H and O–H groups in total. The topological polar surface area (TPSA) is 59.0 Å². The van der Waals surface area contributed by atoms with Crippen LogP contribution in [-0.2, 0) is 6.42 Å². The number of pyridine rings is 1. The highest BCUT2D eigenvalue weighted by molar-refractivity contribution is 5.92. The van der Waals surface area contributed by atoms with Crippen molar-refractivity contribution in [3.63, 3.8) is 0 Å². The zero-order valence-electron chi connectivity index (χ0n) is 15.6. The number of carbonyl (C=O) groups excluding carboxylic acids is 1. The van der Waals surface area contributed by atoms with E-state index in [1.807, 2.05) is 24.1 Å². The Kier molecular flexibility index (Phi) is 5.10. The molecule has 0 radical (unpaired) electrons. The molecule has 138 valence electrons. The number of amides is 1. The third kappa shape index (κ3) is 3.97. The molecule has 1 fully saturated rings. The van der Waals surface area contributed by atoms with Gasteiger partial charge in [0.2, 0.25) is 0 Å². The predicted octanol–water partition coefficient (Wildman–Crippen LogP) is 3.82. The SMILES string of the molecule is Cc1nccc(C(=O)N2CCC[C@@H](Cc3cccc4ncccc34)CC2)n1. The average Bonchev–Trinajstić information content (AvgIpc) is 2.93. The monoisotopic (exact) mass is 360 g/mol. The molecule has 0 spiro atoms. The van der Waals surface area contributed by atoms with Crippen molar-refractivity contribution in [1.29, 1.82) is 0 Å². The molecule has 1 amide bonds. The highest BCUT2D eigenvalue weighted by Crippen LogP contribution is 2.26. The van der Waals surface area contributed by atoms with Crippen molar-refractivity contribution in [3.8, 4) is 0 Å². The summed E-state index contributed by atoms with van der Waals surface area (Å²) in [6.07, 6.45) is 7.73. The Morgan fingerprint density at radius 3 is 2.89 bits per heavy atom. The summed E-state index contributed by atoms with van der Waals surface area (Å²) in [5.74, 6) is 1.24. The van der Waals surface area contributed by atoms with Crippen molar-refractivity contribution in [1.82, 2.24) is 19.9 Å². The van der Waals surface area contributed by atoms with Gasteiger partial charge < -0.3 is 4.90 Å². The minimum atomic E-state index is 0.0236. The summed E-state index contributed by atoms with van der Waals surface area (Å²) in [5.41, 5.74) is 2.91. The molecular formula is C22H24N4O. The van der Waals surface area contributed by atoms with Gasteiger partial charge in [0.05, 0.1) is 5.52 Å². The Balaban J connectivity index is 1.45. The summed E-state index contributed by atoms with van der Waals surface area (Å²) >= 11 is 0. The van der Waals surface area contributed by atoms with Crippen LogP contribution >= 0.6 is 0 Å². The van der Waals surface area contributed by atoms with Crippen molar-refractivity contribution in [2.75, 3.05) is 13.1 Å². The lowest BCUT2D eigenvalue weighted by molar-refractivity contribution is 0.0753. The normalized spacial score (nSPS) is 17.7. The van der Waals surface area contributed by atoms with Crippen molar-refractivity contribution in [3.05, 3.63) is 65.9 Å². The molecule has 1 aliphatic rings. The summed E-state index contributed by atoms with van der Waals surface area (Å²) in [7, 11) is 0. The second-order valence-electron chi connectivity index (χ2n) is 7.27. The summed E-state index contributed by atoms with van der Waals surface area (Å²) in [5, 5.41) is 1.24. The lowest BCUT2D eigenvalue weighted by atomic mass is 9.91. The summed E-state index contributed by atoms with van der Waals surface area (Å²) < 4.78 is 0. The first-order valence-corrected chi connectivity index (χ1v) is 9.62. The molecule has 3 aromatic rings. The highest BCUT2D eigenvalue weighted by atomic mass is 16.2. The van der Waals surface area contributed by atoms with Crippen LogP contribution in [0.25, 0.3) is 10.9 Å². The van der Waals surface area contributed by atoms with Crippen molar-refractivity contribution in [2.24, 2.45) is 5.92 Å². The van der Waals surface area contributed by atoms with Gasteiger partial charge in [0, 0.05) is 30.9 Å². The first-order chi connectivity index (χ1) is 13.2. The highest BCUT2D eigenvalue weighted by Gasteiger charge is 2.23. The number of hydrogen-bond acceptors (Lipinski definition) is 4. The molecule has 0 saturated carbocycles. The Hall–Kier alpha value is -2.82. The molecule has 0 aliphatic carbocycles. The van der Waals surface area contributed by atoms with Crippen molar-refractivity contribution >= 4 is 16.8 Å². The second-order valence-corrected chi connectivity index (χ2v) is 7.27. The maximum atomic E-state index is 12.8. The largest absolute Gasteiger partial charge is 0.337 e. The van der Waals surface area contributed by atoms with Crippen molar-refractivity contribution < 1.29 is 4.79 Å². The van der Waals surface area contributed by atoms with Gasteiger partial charge in [-0.05, 0) is 62.3 Å². The van der Waals surface area contributed by atoms with E-state index in [-0.39, 0.29) is 5.91 Å². The third-order valence-electron chi connectivity index (χ3n) is 5.37. The van der Waals surface area contributed by atoms with Gasteiger partial charge in [-0.2, -0.15) is 0 Å². The van der Waals surface area contributed by atoms with Gasteiger partial charge in [-0.25, -0.2) is 9.97 Å². The number of aryl methyl sites for hydroxylation is 1. The molecule has 4 rings (SSSR count). The summed E-state index contributed by atoms with van der Waals surface area (Å²) in [6, 6.07) is 12.2. The lowest BCUT2D eigenvalue weighted by Crippen LogP contribution is -2.32. The van der Waals surface area contributed by atoms with Crippen LogP contribution in [0.1, 0.15) is 41.1 Å². The molecule has 1 aliphatic heterocycles. The number of rotatable bonds is 3. The van der Waals surface area contributed by atoms with Crippen molar-refractivity contribution in [2.45, 2.75) is 32.6 Å². The van der Waals surface area contributed by atoms with Gasteiger partial charge in [-0.15, -0.1) is 0 Å². The average molecular weight is 360 g/mol. The Labute approximate surface area is 159 Å². The van der Waals surface area contributed by atoms with Gasteiger partial charge in [-0.1, -0.05) is 18.2 Å². The van der Waals surface area contributed by atoms with Crippen LogP contribution in [0.5, 0.6) is 0 Å². The maximum absolute atomic E-state index is 12.8. The van der Waals surface area contributed by atoms with E-state index < -0.39 is 0 Å². The minimum Gasteiger partial charge on any atom is -0.337 e. The second kappa shape index (κ2) is 7.82. The van der Waals surface area contributed by atoms with E-state index in [2.05, 4.69) is 39.2 Å². The first kappa shape index (κ1) is 17.6. The maximum Gasteiger partial charge on any atom is 0.272 e. The zero-order valence-corrected chi connectivity index (χ0v) is 15.6. The molecule has 1 atom stereocenters. The van der Waals surface area contributed by atoms with Crippen LogP contribution in [0.2, 0.25) is 0 Å². The fourth-order valence-electron chi connectivity index (χ4n) is 3.97.